The third kappa shape index (κ3) is 13.0. The summed E-state index contributed by atoms with van der Waals surface area (Å²) in [6.07, 6.45) is 8.41. The fraction of sp³-hybridized carbons (Fsp3) is 0.440. The zero-order chi connectivity index (χ0) is 50.5. The summed E-state index contributed by atoms with van der Waals surface area (Å²) in [5, 5.41) is 29.5. The summed E-state index contributed by atoms with van der Waals surface area (Å²) in [7, 11) is -2.51. The molecule has 0 aliphatic carbocycles. The Bertz CT molecular complexity index is 2940. The summed E-state index contributed by atoms with van der Waals surface area (Å²) >= 11 is 0. The van der Waals surface area contributed by atoms with Crippen LogP contribution in [0.5, 0.6) is 0 Å². The second-order valence-corrected chi connectivity index (χ2v) is 32.8. The molecule has 0 aliphatic rings. The van der Waals surface area contributed by atoms with E-state index < -0.39 is 50.8 Å². The third-order valence-electron chi connectivity index (χ3n) is 12.2. The fourth-order valence-corrected chi connectivity index (χ4v) is 10.2. The summed E-state index contributed by atoms with van der Waals surface area (Å²) in [5.41, 5.74) is 4.90. The minimum absolute atomic E-state index is 0.151. The number of hydrogen-bond acceptors (Lipinski definition) is 11. The van der Waals surface area contributed by atoms with Gasteiger partial charge < -0.3 is 29.8 Å². The molecule has 3 N–H and O–H groups in total. The van der Waals surface area contributed by atoms with Crippen LogP contribution in [0.3, 0.4) is 0 Å². The topological polar surface area (TPSA) is 211 Å². The van der Waals surface area contributed by atoms with E-state index in [2.05, 4.69) is 97.8 Å². The molecule has 3 aromatic carbocycles. The van der Waals surface area contributed by atoms with E-state index in [0.717, 1.165) is 56.1 Å². The number of carbonyl (C=O) groups excluding carboxylic acids is 2. The van der Waals surface area contributed by atoms with Crippen LogP contribution in [-0.4, -0.2) is 85.6 Å². The van der Waals surface area contributed by atoms with E-state index in [0.29, 0.717) is 32.5 Å². The van der Waals surface area contributed by atoms with Gasteiger partial charge in [-0.2, -0.15) is 10.2 Å². The van der Waals surface area contributed by atoms with Gasteiger partial charge in [0, 0.05) is 95.7 Å². The lowest BCUT2D eigenvalue weighted by molar-refractivity contribution is -0.384. The van der Waals surface area contributed by atoms with E-state index in [1.807, 2.05) is 43.1 Å². The first kappa shape index (κ1) is 51.4. The molecule has 4 aromatic heterocycles. The van der Waals surface area contributed by atoms with Gasteiger partial charge in [-0.25, -0.2) is 28.9 Å². The van der Waals surface area contributed by atoms with Crippen molar-refractivity contribution in [1.29, 1.82) is 0 Å². The molecule has 0 spiro atoms. The van der Waals surface area contributed by atoms with Gasteiger partial charge in [-0.3, -0.25) is 14.7 Å². The molecule has 0 aliphatic heterocycles. The number of carbonyl (C=O) groups is 2. The van der Waals surface area contributed by atoms with Gasteiger partial charge >= 0.3 is 12.2 Å². The zero-order valence-electron chi connectivity index (χ0n) is 42.2. The van der Waals surface area contributed by atoms with Crippen LogP contribution < -0.4 is 10.6 Å². The van der Waals surface area contributed by atoms with Crippen LogP contribution in [0, 0.1) is 29.4 Å². The summed E-state index contributed by atoms with van der Waals surface area (Å²) < 4.78 is 22.7. The molecule has 372 valence electrons. The number of nitro groups is 1. The minimum atomic E-state index is -1.26. The summed E-state index contributed by atoms with van der Waals surface area (Å²) in [6.45, 7) is 26.1. The second-order valence-electron chi connectivity index (χ2n) is 21.6. The maximum absolute atomic E-state index is 14.1. The van der Waals surface area contributed by atoms with Crippen LogP contribution in [0.25, 0.3) is 27.5 Å². The van der Waals surface area contributed by atoms with E-state index in [4.69, 9.17) is 24.4 Å². The van der Waals surface area contributed by atoms with Crippen LogP contribution in [0.1, 0.15) is 72.7 Å². The Balaban J connectivity index is 1.15. The van der Waals surface area contributed by atoms with E-state index in [-0.39, 0.29) is 29.5 Å². The molecule has 3 unspecified atom stereocenters. The number of para-hydroxylation sites is 2. The van der Waals surface area contributed by atoms with Gasteiger partial charge in [0.05, 0.1) is 28.0 Å². The van der Waals surface area contributed by atoms with Gasteiger partial charge in [0.25, 0.3) is 5.69 Å². The molecule has 2 amide bonds. The van der Waals surface area contributed by atoms with E-state index in [1.54, 1.807) is 46.0 Å². The highest BCUT2D eigenvalue weighted by molar-refractivity contribution is 6.76. The SMILES string of the molecule is Cc1cc(CC(NC(=O)OC(=O)NC(c2ncc[nH]2)C(c2cc(C)c3nn(COCC[Si](C)(C)C)cc3c2)C(C)(C)C)c2nccn2-c2ccccc2[N+](=O)[O-])cc2cn(COCC[Si](C)(C)C)nc12. The van der Waals surface area contributed by atoms with Gasteiger partial charge in [-0.15, -0.1) is 0 Å². The molecule has 0 saturated heterocycles. The van der Waals surface area contributed by atoms with Crippen LogP contribution in [-0.2, 0) is 34.1 Å². The first-order valence-electron chi connectivity index (χ1n) is 23.7. The summed E-state index contributed by atoms with van der Waals surface area (Å²) in [4.78, 5) is 52.3. The van der Waals surface area contributed by atoms with Crippen LogP contribution in [0.15, 0.2) is 85.7 Å². The highest BCUT2D eigenvalue weighted by Crippen LogP contribution is 2.45. The zero-order valence-corrected chi connectivity index (χ0v) is 44.2. The summed E-state index contributed by atoms with van der Waals surface area (Å²) in [5.74, 6) is 0.372. The largest absolute Gasteiger partial charge is 0.416 e. The number of fused-ring (bicyclic) bond motifs is 2. The molecule has 3 atom stereocenters. The van der Waals surface area contributed by atoms with Crippen molar-refractivity contribution in [2.75, 3.05) is 13.2 Å². The Labute approximate surface area is 410 Å². The van der Waals surface area contributed by atoms with Crippen molar-refractivity contribution in [3.63, 3.8) is 0 Å². The molecule has 0 saturated carbocycles. The average Bonchev–Trinajstić information content (AvgIpc) is 4.10. The lowest BCUT2D eigenvalue weighted by atomic mass is 9.71. The van der Waals surface area contributed by atoms with E-state index in [1.165, 1.54) is 12.3 Å². The minimum Gasteiger partial charge on any atom is -0.360 e. The molecular weight excluding hydrogens is 923 g/mol. The molecule has 70 heavy (non-hydrogen) atoms. The first-order chi connectivity index (χ1) is 33.0. The van der Waals surface area contributed by atoms with Crippen molar-refractivity contribution in [2.24, 2.45) is 5.41 Å². The van der Waals surface area contributed by atoms with Crippen molar-refractivity contribution in [3.05, 3.63) is 130 Å². The molecular formula is C50H67N11O7Si2. The number of aromatic amines is 1. The number of alkyl carbamates (subject to hydrolysis) is 2. The lowest BCUT2D eigenvalue weighted by Gasteiger charge is -2.37. The fourth-order valence-electron chi connectivity index (χ4n) is 8.73. The normalized spacial score (nSPS) is 13.6. The number of hydrogen-bond donors (Lipinski definition) is 3. The monoisotopic (exact) mass is 989 g/mol. The molecule has 7 rings (SSSR count). The van der Waals surface area contributed by atoms with Crippen molar-refractivity contribution in [1.82, 2.24) is 49.7 Å². The maximum atomic E-state index is 14.1. The van der Waals surface area contributed by atoms with Crippen molar-refractivity contribution >= 4 is 55.8 Å². The predicted molar refractivity (Wildman–Crippen MR) is 275 cm³/mol. The maximum Gasteiger partial charge on any atom is 0.416 e. The van der Waals surface area contributed by atoms with Gasteiger partial charge in [0.15, 0.2) is 0 Å². The molecule has 20 heteroatoms. The van der Waals surface area contributed by atoms with Gasteiger partial charge in [0.1, 0.15) is 30.8 Å². The highest BCUT2D eigenvalue weighted by Gasteiger charge is 2.38. The second kappa shape index (κ2) is 21.2. The molecule has 0 radical (unpaired) electrons. The number of nitro benzene ring substituents is 1. The predicted octanol–water partition coefficient (Wildman–Crippen LogP) is 10.7. The Morgan fingerprint density at radius 1 is 0.814 bits per heavy atom. The smallest absolute Gasteiger partial charge is 0.360 e. The first-order valence-corrected chi connectivity index (χ1v) is 31.1. The van der Waals surface area contributed by atoms with Crippen molar-refractivity contribution in [2.45, 2.75) is 124 Å². The Hall–Kier alpha value is -6.49. The van der Waals surface area contributed by atoms with Crippen molar-refractivity contribution < 1.29 is 28.7 Å². The molecule has 4 heterocycles. The Morgan fingerprint density at radius 3 is 2.00 bits per heavy atom. The van der Waals surface area contributed by atoms with Crippen LogP contribution >= 0.6 is 0 Å². The van der Waals surface area contributed by atoms with Crippen molar-refractivity contribution in [3.8, 4) is 5.69 Å². The quantitative estimate of drug-likeness (QED) is 0.0215. The Morgan fingerprint density at radius 2 is 1.41 bits per heavy atom. The standard InChI is InChI=1S/C50H67N11O7Si2/c1-33-24-35(26-37-29-58(56-43(33)37)31-66-20-22-69(6,7)8)27-39(47-53-18-19-60(47)40-14-12-13-15-41(40)61(64)65)54-48(62)68-49(63)55-45(46-51-16-17-52-46)42(50(3,4)5)36-25-34(2)44-38(28-36)30-59(57-44)32-67-21-23-70(9,10)11/h12-19,24-26,28-30,39,42,45H,20-23,27,31-32H2,1-11H3,(H,51,52)(H,54,62)(H,55,63). The van der Waals surface area contributed by atoms with Crippen LogP contribution in [0.4, 0.5) is 15.3 Å². The van der Waals surface area contributed by atoms with Gasteiger partial charge in [-0.05, 0) is 71.8 Å². The third-order valence-corrected chi connectivity index (χ3v) is 15.6. The van der Waals surface area contributed by atoms with E-state index >= 15 is 0 Å². The van der Waals surface area contributed by atoms with Gasteiger partial charge in [0.2, 0.25) is 0 Å². The number of aromatic nitrogens is 8. The average molecular weight is 990 g/mol. The number of nitrogens with one attached hydrogen (secondary N) is 3. The number of ether oxygens (including phenoxy) is 3. The number of H-pyrrole nitrogens is 1. The molecule has 0 fully saturated rings. The molecule has 18 nitrogen and oxygen atoms in total. The number of rotatable bonds is 20. The lowest BCUT2D eigenvalue weighted by Crippen LogP contribution is -2.41. The number of amides is 2. The number of benzene rings is 3. The summed E-state index contributed by atoms with van der Waals surface area (Å²) in [6, 6.07) is 14.8. The molecule has 0 bridgehead atoms. The van der Waals surface area contributed by atoms with E-state index in [9.17, 15) is 19.7 Å². The number of imidazole rings is 2. The number of nitrogens with zero attached hydrogens (tertiary/aromatic N) is 8. The van der Waals surface area contributed by atoms with Crippen LogP contribution in [0.2, 0.25) is 51.4 Å². The van der Waals surface area contributed by atoms with Gasteiger partial charge in [-0.1, -0.05) is 84.3 Å². The number of aryl methyl sites for hydroxylation is 2. The molecule has 7 aromatic rings. The Kier molecular flexibility index (Phi) is 15.6. The highest BCUT2D eigenvalue weighted by atomic mass is 28.3.